The van der Waals surface area contributed by atoms with Gasteiger partial charge in [0.05, 0.1) is 24.4 Å². The molecule has 4 aromatic carbocycles. The molecule has 0 bridgehead atoms. The molecule has 1 saturated heterocycles. The lowest BCUT2D eigenvalue weighted by molar-refractivity contribution is -0.268. The highest BCUT2D eigenvalue weighted by Crippen LogP contribution is 2.43. The van der Waals surface area contributed by atoms with Crippen LogP contribution >= 0.6 is 11.8 Å². The maximum Gasteiger partial charge on any atom is 0.407 e. The van der Waals surface area contributed by atoms with Gasteiger partial charge in [-0.1, -0.05) is 80.2 Å². The number of carboxylic acids is 1. The first-order valence-electron chi connectivity index (χ1n) is 15.0. The highest BCUT2D eigenvalue weighted by molar-refractivity contribution is 7.99. The predicted octanol–water partition coefficient (Wildman–Crippen LogP) is 7.54. The Morgan fingerprint density at radius 3 is 2.33 bits per heavy atom. The monoisotopic (exact) mass is 639 g/mol. The van der Waals surface area contributed by atoms with Crippen LogP contribution in [0.2, 0.25) is 0 Å². The summed E-state index contributed by atoms with van der Waals surface area (Å²) in [6.07, 6.45) is -0.0535. The molecular weight excluding hydrogens is 602 g/mol. The number of alkyl carbamates (subject to hydrolysis) is 1. The summed E-state index contributed by atoms with van der Waals surface area (Å²) in [5, 5.41) is 21.6. The third kappa shape index (κ3) is 8.44. The average Bonchev–Trinajstić information content (AvgIpc) is 3.09. The van der Waals surface area contributed by atoms with Crippen LogP contribution in [0.5, 0.6) is 0 Å². The van der Waals surface area contributed by atoms with Crippen molar-refractivity contribution < 1.29 is 34.0 Å². The number of aliphatic hydroxyl groups excluding tert-OH is 1. The lowest BCUT2D eigenvalue weighted by Crippen LogP contribution is -2.38. The van der Waals surface area contributed by atoms with Crippen molar-refractivity contribution in [3.63, 3.8) is 0 Å². The highest BCUT2D eigenvalue weighted by Gasteiger charge is 2.38. The van der Waals surface area contributed by atoms with Crippen LogP contribution in [0.4, 0.5) is 4.79 Å². The minimum absolute atomic E-state index is 0.00699. The second kappa shape index (κ2) is 15.7. The number of aromatic carboxylic acids is 1. The van der Waals surface area contributed by atoms with Gasteiger partial charge in [0, 0.05) is 28.7 Å². The van der Waals surface area contributed by atoms with Gasteiger partial charge in [0.15, 0.2) is 6.29 Å². The maximum atomic E-state index is 11.9. The fourth-order valence-electron chi connectivity index (χ4n) is 5.27. The van der Waals surface area contributed by atoms with Crippen molar-refractivity contribution in [2.45, 2.75) is 43.5 Å². The average molecular weight is 640 g/mol. The zero-order chi connectivity index (χ0) is 32.5. The van der Waals surface area contributed by atoms with Crippen molar-refractivity contribution in [1.29, 1.82) is 0 Å². The van der Waals surface area contributed by atoms with E-state index in [0.29, 0.717) is 12.3 Å². The molecule has 1 aliphatic rings. The van der Waals surface area contributed by atoms with E-state index in [9.17, 15) is 19.8 Å². The Labute approximate surface area is 273 Å². The third-order valence-electron chi connectivity index (χ3n) is 7.83. The molecule has 46 heavy (non-hydrogen) atoms. The van der Waals surface area contributed by atoms with Gasteiger partial charge in [-0.2, -0.15) is 0 Å². The van der Waals surface area contributed by atoms with E-state index in [0.717, 1.165) is 38.3 Å². The summed E-state index contributed by atoms with van der Waals surface area (Å²) in [5.74, 6) is -0.305. The van der Waals surface area contributed by atoms with Crippen LogP contribution in [0, 0.1) is 5.92 Å². The van der Waals surface area contributed by atoms with Crippen molar-refractivity contribution in [3.8, 4) is 11.1 Å². The van der Waals surface area contributed by atoms with Gasteiger partial charge in [0.25, 0.3) is 0 Å². The Kier molecular flexibility index (Phi) is 11.3. The molecular formula is C37H37NO7S. The molecule has 1 fully saturated rings. The molecule has 3 N–H and O–H groups in total. The van der Waals surface area contributed by atoms with E-state index < -0.39 is 18.4 Å². The van der Waals surface area contributed by atoms with Crippen LogP contribution in [0.15, 0.2) is 115 Å². The molecule has 0 saturated carbocycles. The van der Waals surface area contributed by atoms with E-state index in [1.54, 1.807) is 23.9 Å². The Balaban J connectivity index is 1.36. The summed E-state index contributed by atoms with van der Waals surface area (Å²) in [4.78, 5) is 24.1. The second-order valence-corrected chi connectivity index (χ2v) is 12.1. The second-order valence-electron chi connectivity index (χ2n) is 11.0. The molecule has 4 atom stereocenters. The summed E-state index contributed by atoms with van der Waals surface area (Å²) in [6.45, 7) is 6.11. The predicted molar refractivity (Wildman–Crippen MR) is 177 cm³/mol. The van der Waals surface area contributed by atoms with E-state index >= 15 is 0 Å². The number of amides is 1. The molecule has 4 aromatic rings. The van der Waals surface area contributed by atoms with Crippen molar-refractivity contribution in [2.24, 2.45) is 5.92 Å². The SMILES string of the molecule is C=CCOC(=O)NCc1cccc(-c2cccc(C3OC(CSc4ccc(C(=O)O)cc4)C(C)C(c4ccc(CO)cc4)O3)c2)c1. The number of hydrogen-bond acceptors (Lipinski definition) is 7. The molecule has 1 amide bonds. The van der Waals surface area contributed by atoms with Crippen molar-refractivity contribution in [2.75, 3.05) is 12.4 Å². The molecule has 1 heterocycles. The number of carboxylic acid groups (broad SMARTS) is 1. The molecule has 0 aliphatic carbocycles. The van der Waals surface area contributed by atoms with Gasteiger partial charge in [0.1, 0.15) is 6.61 Å². The van der Waals surface area contributed by atoms with Crippen LogP contribution in [0.25, 0.3) is 11.1 Å². The minimum atomic E-state index is -0.953. The zero-order valence-electron chi connectivity index (χ0n) is 25.5. The number of aliphatic hydroxyl groups is 1. The standard InChI is InChI=1S/C37H37NO7S/c1-3-18-43-37(42)38-21-26-6-4-7-29(19-26)30-8-5-9-31(20-30)36-44-33(23-46-32-16-14-28(15-17-32)35(40)41)24(2)34(45-36)27-12-10-25(22-39)11-13-27/h3-17,19-20,24,33-34,36,39H,1,18,21-23H2,2H3,(H,38,42)(H,40,41). The quantitative estimate of drug-likeness (QED) is 0.108. The molecule has 0 radical (unpaired) electrons. The number of carbonyl (C=O) groups is 2. The molecule has 5 rings (SSSR count). The Morgan fingerprint density at radius 2 is 1.63 bits per heavy atom. The highest BCUT2D eigenvalue weighted by atomic mass is 32.2. The van der Waals surface area contributed by atoms with Gasteiger partial charge in [-0.05, 0) is 64.2 Å². The largest absolute Gasteiger partial charge is 0.478 e. The number of rotatable bonds is 12. The minimum Gasteiger partial charge on any atom is -0.478 e. The molecule has 4 unspecified atom stereocenters. The summed E-state index contributed by atoms with van der Waals surface area (Å²) >= 11 is 1.61. The number of carbonyl (C=O) groups excluding carboxylic acids is 1. The normalized spacial score (nSPS) is 19.3. The number of ether oxygens (including phenoxy) is 3. The van der Waals surface area contributed by atoms with Gasteiger partial charge >= 0.3 is 12.1 Å². The van der Waals surface area contributed by atoms with E-state index in [-0.39, 0.29) is 36.9 Å². The summed E-state index contributed by atoms with van der Waals surface area (Å²) in [7, 11) is 0. The van der Waals surface area contributed by atoms with Gasteiger partial charge in [0.2, 0.25) is 0 Å². The lowest BCUT2D eigenvalue weighted by Gasteiger charge is -2.41. The van der Waals surface area contributed by atoms with Gasteiger partial charge in [-0.3, -0.25) is 0 Å². The van der Waals surface area contributed by atoms with Crippen LogP contribution in [0.1, 0.15) is 51.9 Å². The van der Waals surface area contributed by atoms with E-state index in [1.807, 2.05) is 78.9 Å². The molecule has 0 spiro atoms. The molecule has 9 heteroatoms. The zero-order valence-corrected chi connectivity index (χ0v) is 26.3. The van der Waals surface area contributed by atoms with Gasteiger partial charge in [-0.15, -0.1) is 11.8 Å². The molecule has 238 valence electrons. The molecule has 0 aromatic heterocycles. The van der Waals surface area contributed by atoms with Crippen LogP contribution < -0.4 is 5.32 Å². The summed E-state index contributed by atoms with van der Waals surface area (Å²) < 4.78 is 18.3. The number of hydrogen-bond donors (Lipinski definition) is 3. The Bertz CT molecular complexity index is 1640. The first kappa shape index (κ1) is 33.0. The fourth-order valence-corrected chi connectivity index (χ4v) is 6.33. The third-order valence-corrected chi connectivity index (χ3v) is 8.93. The smallest absolute Gasteiger partial charge is 0.407 e. The summed E-state index contributed by atoms with van der Waals surface area (Å²) in [5.41, 5.74) is 5.85. The van der Waals surface area contributed by atoms with E-state index in [4.69, 9.17) is 14.2 Å². The summed E-state index contributed by atoms with van der Waals surface area (Å²) in [6, 6.07) is 30.7. The van der Waals surface area contributed by atoms with Crippen LogP contribution in [-0.2, 0) is 27.4 Å². The van der Waals surface area contributed by atoms with Crippen molar-refractivity contribution in [1.82, 2.24) is 5.32 Å². The fraction of sp³-hybridized carbons (Fsp3) is 0.243. The molecule has 8 nitrogen and oxygen atoms in total. The number of thioether (sulfide) groups is 1. The number of benzene rings is 4. The number of nitrogens with one attached hydrogen (secondary N) is 1. The van der Waals surface area contributed by atoms with Crippen LogP contribution in [-0.4, -0.2) is 40.7 Å². The van der Waals surface area contributed by atoms with E-state index in [2.05, 4.69) is 24.9 Å². The van der Waals surface area contributed by atoms with Crippen molar-refractivity contribution in [3.05, 3.63) is 138 Å². The maximum absolute atomic E-state index is 11.9. The van der Waals surface area contributed by atoms with Gasteiger partial charge in [-0.25, -0.2) is 9.59 Å². The van der Waals surface area contributed by atoms with Crippen molar-refractivity contribution >= 4 is 23.8 Å². The topological polar surface area (TPSA) is 114 Å². The van der Waals surface area contributed by atoms with E-state index in [1.165, 1.54) is 6.08 Å². The van der Waals surface area contributed by atoms with Crippen LogP contribution in [0.3, 0.4) is 0 Å². The molecule has 1 aliphatic heterocycles. The lowest BCUT2D eigenvalue weighted by atomic mass is 9.91. The first-order chi connectivity index (χ1) is 22.3. The Morgan fingerprint density at radius 1 is 0.913 bits per heavy atom. The first-order valence-corrected chi connectivity index (χ1v) is 16.0. The van der Waals surface area contributed by atoms with Gasteiger partial charge < -0.3 is 29.7 Å². The Hall–Kier alpha value is -4.41.